The number of nitrogens with zero attached hydrogens (tertiary/aromatic N) is 4. The molecule has 3 heterocycles. The number of anilines is 1. The summed E-state index contributed by atoms with van der Waals surface area (Å²) in [4.78, 5) is 22.5. The summed E-state index contributed by atoms with van der Waals surface area (Å²) < 4.78 is 28.2. The van der Waals surface area contributed by atoms with Crippen molar-refractivity contribution in [2.24, 2.45) is 0 Å². The molecule has 8 nitrogen and oxygen atoms in total. The molecule has 3 aromatic heterocycles. The van der Waals surface area contributed by atoms with Gasteiger partial charge in [0.25, 0.3) is 0 Å². The summed E-state index contributed by atoms with van der Waals surface area (Å²) in [7, 11) is 0. The summed E-state index contributed by atoms with van der Waals surface area (Å²) in [6.07, 6.45) is 1.37. The van der Waals surface area contributed by atoms with Crippen LogP contribution in [0.3, 0.4) is 0 Å². The monoisotopic (exact) mass is 535 g/mol. The zero-order chi connectivity index (χ0) is 28.0. The normalized spacial score (nSPS) is 12.3. The van der Waals surface area contributed by atoms with Gasteiger partial charge < -0.3 is 14.9 Å². The molecule has 3 aromatic carbocycles. The van der Waals surface area contributed by atoms with E-state index >= 15 is 0 Å². The third kappa shape index (κ3) is 4.35. The van der Waals surface area contributed by atoms with Crippen molar-refractivity contribution in [1.82, 2.24) is 19.7 Å². The highest BCUT2D eigenvalue weighted by Gasteiger charge is 2.27. The number of benzene rings is 3. The van der Waals surface area contributed by atoms with E-state index < -0.39 is 11.9 Å². The first kappa shape index (κ1) is 25.2. The van der Waals surface area contributed by atoms with Crippen LogP contribution in [0.15, 0.2) is 88.3 Å². The second kappa shape index (κ2) is 9.92. The number of hydrogen-bond donors (Lipinski definition) is 1. The average molecular weight is 536 g/mol. The van der Waals surface area contributed by atoms with Crippen LogP contribution in [-0.4, -0.2) is 25.9 Å². The fourth-order valence-corrected chi connectivity index (χ4v) is 4.94. The van der Waals surface area contributed by atoms with Crippen molar-refractivity contribution in [3.63, 3.8) is 0 Å². The van der Waals surface area contributed by atoms with Crippen LogP contribution in [0.25, 0.3) is 44.4 Å². The second-order valence-electron chi connectivity index (χ2n) is 9.80. The highest BCUT2D eigenvalue weighted by molar-refractivity contribution is 5.98. The third-order valence-corrected chi connectivity index (χ3v) is 6.68. The molecule has 0 aliphatic heterocycles. The minimum atomic E-state index is -0.628. The first-order chi connectivity index (χ1) is 19.3. The average Bonchev–Trinajstić information content (AvgIpc) is 3.33. The van der Waals surface area contributed by atoms with Crippen LogP contribution in [0.5, 0.6) is 5.75 Å². The molecule has 0 spiro atoms. The number of rotatable bonds is 6. The summed E-state index contributed by atoms with van der Waals surface area (Å²) in [6.45, 7) is 5.76. The Morgan fingerprint density at radius 1 is 0.950 bits per heavy atom. The van der Waals surface area contributed by atoms with E-state index in [1.54, 1.807) is 41.1 Å². The van der Waals surface area contributed by atoms with Crippen molar-refractivity contribution >= 4 is 27.8 Å². The zero-order valence-corrected chi connectivity index (χ0v) is 22.1. The molecule has 0 aliphatic rings. The molecule has 0 amide bonds. The molecule has 2 N–H and O–H groups in total. The number of aromatic nitrogens is 4. The van der Waals surface area contributed by atoms with Crippen LogP contribution in [0.1, 0.15) is 32.6 Å². The van der Waals surface area contributed by atoms with E-state index in [-0.39, 0.29) is 22.9 Å². The molecular weight excluding hydrogens is 509 g/mol. The molecule has 0 fully saturated rings. The van der Waals surface area contributed by atoms with Crippen LogP contribution < -0.4 is 15.9 Å². The van der Waals surface area contributed by atoms with Crippen molar-refractivity contribution in [3.8, 4) is 28.1 Å². The molecule has 0 bridgehead atoms. The Hall–Kier alpha value is -5.05. The molecule has 6 aromatic rings. The lowest BCUT2D eigenvalue weighted by Crippen LogP contribution is -2.16. The summed E-state index contributed by atoms with van der Waals surface area (Å²) in [5.41, 5.74) is 8.95. The fraction of sp³-hybridized carbons (Fsp3) is 0.161. The van der Waals surface area contributed by atoms with Gasteiger partial charge in [-0.3, -0.25) is 4.79 Å². The van der Waals surface area contributed by atoms with Crippen LogP contribution in [-0.2, 0) is 0 Å². The van der Waals surface area contributed by atoms with Gasteiger partial charge in [-0.2, -0.15) is 5.10 Å². The van der Waals surface area contributed by atoms with Crippen LogP contribution in [0.4, 0.5) is 10.2 Å². The van der Waals surface area contributed by atoms with Gasteiger partial charge in [-0.15, -0.1) is 0 Å². The molecule has 200 valence electrons. The second-order valence-corrected chi connectivity index (χ2v) is 9.80. The van der Waals surface area contributed by atoms with Gasteiger partial charge in [-0.05, 0) is 62.7 Å². The summed E-state index contributed by atoms with van der Waals surface area (Å²) >= 11 is 0. The van der Waals surface area contributed by atoms with Crippen molar-refractivity contribution in [2.75, 3.05) is 5.73 Å². The molecular formula is C31H26FN5O3. The van der Waals surface area contributed by atoms with Gasteiger partial charge in [0.15, 0.2) is 5.65 Å². The van der Waals surface area contributed by atoms with Crippen LogP contribution in [0.2, 0.25) is 0 Å². The number of halogens is 1. The molecule has 6 rings (SSSR count). The molecule has 0 radical (unpaired) electrons. The summed E-state index contributed by atoms with van der Waals surface area (Å²) in [6, 6.07) is 19.8. The first-order valence-electron chi connectivity index (χ1n) is 12.9. The van der Waals surface area contributed by atoms with Crippen molar-refractivity contribution < 1.29 is 13.5 Å². The Bertz CT molecular complexity index is 1950. The molecule has 1 unspecified atom stereocenters. The topological polar surface area (TPSA) is 109 Å². The van der Waals surface area contributed by atoms with Gasteiger partial charge in [0.05, 0.1) is 22.4 Å². The smallest absolute Gasteiger partial charge is 0.200 e. The van der Waals surface area contributed by atoms with E-state index in [0.29, 0.717) is 44.8 Å². The van der Waals surface area contributed by atoms with Crippen molar-refractivity contribution in [1.29, 1.82) is 0 Å². The van der Waals surface area contributed by atoms with Gasteiger partial charge in [0.2, 0.25) is 5.43 Å². The predicted octanol–water partition coefficient (Wildman–Crippen LogP) is 6.38. The first-order valence-corrected chi connectivity index (χ1v) is 12.9. The van der Waals surface area contributed by atoms with E-state index in [4.69, 9.17) is 20.0 Å². The molecule has 9 heteroatoms. The van der Waals surface area contributed by atoms with Crippen LogP contribution >= 0.6 is 0 Å². The van der Waals surface area contributed by atoms with Gasteiger partial charge in [-0.1, -0.05) is 36.4 Å². The van der Waals surface area contributed by atoms with Crippen molar-refractivity contribution in [3.05, 3.63) is 101 Å². The molecule has 0 saturated carbocycles. The molecule has 0 saturated heterocycles. The van der Waals surface area contributed by atoms with E-state index in [9.17, 15) is 9.18 Å². The maximum atomic E-state index is 14.3. The zero-order valence-electron chi connectivity index (χ0n) is 22.1. The Morgan fingerprint density at radius 3 is 2.52 bits per heavy atom. The predicted molar refractivity (Wildman–Crippen MR) is 153 cm³/mol. The van der Waals surface area contributed by atoms with Crippen molar-refractivity contribution in [2.45, 2.75) is 32.9 Å². The Balaban J connectivity index is 1.60. The Morgan fingerprint density at radius 2 is 1.73 bits per heavy atom. The minimum Gasteiger partial charge on any atom is -0.491 e. The maximum Gasteiger partial charge on any atom is 0.200 e. The fourth-order valence-electron chi connectivity index (χ4n) is 4.94. The van der Waals surface area contributed by atoms with Gasteiger partial charge in [0, 0.05) is 5.56 Å². The maximum absolute atomic E-state index is 14.3. The lowest BCUT2D eigenvalue weighted by molar-refractivity contribution is 0.242. The van der Waals surface area contributed by atoms with E-state index in [0.717, 1.165) is 5.56 Å². The number of ether oxygens (including phenoxy) is 1. The Kier molecular flexibility index (Phi) is 6.26. The van der Waals surface area contributed by atoms with Crippen LogP contribution in [0, 0.1) is 5.82 Å². The quantitative estimate of drug-likeness (QED) is 0.263. The highest BCUT2D eigenvalue weighted by Crippen LogP contribution is 2.37. The van der Waals surface area contributed by atoms with Gasteiger partial charge in [0.1, 0.15) is 46.8 Å². The number of fused-ring (bicyclic) bond motifs is 2. The standard InChI is InChI=1S/C31H26FN5O3/c1-17(2)39-22-11-7-9-20(15-22)27-26-30(33)34-16-35-31(26)37(36-27)18(3)29-25(19-8-6-10-21(32)14-19)28(38)23-12-4-5-13-24(23)40-29/h4-18H,1-3H3,(H2,33,34,35). The van der Waals surface area contributed by atoms with E-state index in [1.807, 2.05) is 45.0 Å². The number of para-hydroxylation sites is 1. The van der Waals surface area contributed by atoms with Gasteiger partial charge >= 0.3 is 0 Å². The molecule has 0 aliphatic carbocycles. The number of nitrogens with two attached hydrogens (primary N) is 1. The van der Waals surface area contributed by atoms with Gasteiger partial charge in [-0.25, -0.2) is 19.0 Å². The van der Waals surface area contributed by atoms with E-state index in [1.165, 1.54) is 18.5 Å². The van der Waals surface area contributed by atoms with E-state index in [2.05, 4.69) is 9.97 Å². The lowest BCUT2D eigenvalue weighted by Gasteiger charge is -2.17. The molecule has 40 heavy (non-hydrogen) atoms. The summed E-state index contributed by atoms with van der Waals surface area (Å²) in [5.74, 6) is 0.811. The third-order valence-electron chi connectivity index (χ3n) is 6.68. The minimum absolute atomic E-state index is 0.00461. The Labute approximate surface area is 228 Å². The lowest BCUT2D eigenvalue weighted by atomic mass is 9.99. The molecule has 1 atom stereocenters. The summed E-state index contributed by atoms with van der Waals surface area (Å²) in [5, 5.41) is 5.88. The number of nitrogen functional groups attached to an aromatic ring is 1. The largest absolute Gasteiger partial charge is 0.491 e. The number of hydrogen-bond acceptors (Lipinski definition) is 7. The SMILES string of the molecule is CC(C)Oc1cccc(-c2nn(C(C)c3oc4ccccc4c(=O)c3-c3cccc(F)c3)c3ncnc(N)c23)c1. The highest BCUT2D eigenvalue weighted by atomic mass is 19.1.